The van der Waals surface area contributed by atoms with E-state index in [1.54, 1.807) is 6.92 Å². The average Bonchev–Trinajstić information content (AvgIpc) is 2.11. The zero-order chi connectivity index (χ0) is 10.4. The molecule has 0 aliphatic carbocycles. The van der Waals surface area contributed by atoms with E-state index in [0.29, 0.717) is 5.92 Å². The fourth-order valence-corrected chi connectivity index (χ4v) is 0.949. The molecule has 0 rings (SSSR count). The van der Waals surface area contributed by atoms with Gasteiger partial charge in [0, 0.05) is 6.04 Å². The van der Waals surface area contributed by atoms with Gasteiger partial charge in [0.25, 0.3) is 0 Å². The van der Waals surface area contributed by atoms with Gasteiger partial charge in [-0.05, 0) is 12.8 Å². The summed E-state index contributed by atoms with van der Waals surface area (Å²) in [4.78, 5) is 0. The van der Waals surface area contributed by atoms with Crippen LogP contribution in [0.2, 0.25) is 0 Å². The van der Waals surface area contributed by atoms with Crippen LogP contribution in [0.25, 0.3) is 0 Å². The largest absolute Gasteiger partial charge is 0.409 e. The summed E-state index contributed by atoms with van der Waals surface area (Å²) in [6.07, 6.45) is 0. The minimum Gasteiger partial charge on any atom is -0.409 e. The van der Waals surface area contributed by atoms with E-state index in [9.17, 15) is 0 Å². The summed E-state index contributed by atoms with van der Waals surface area (Å²) in [5.74, 6) is 0.429. The Hall–Kier alpha value is -0.810. The molecule has 5 nitrogen and oxygen atoms in total. The van der Waals surface area contributed by atoms with Crippen LogP contribution in [0.5, 0.6) is 0 Å². The van der Waals surface area contributed by atoms with Gasteiger partial charge in [-0.1, -0.05) is 19.0 Å². The molecule has 13 heavy (non-hydrogen) atoms. The van der Waals surface area contributed by atoms with E-state index in [1.165, 1.54) is 0 Å². The quantitative estimate of drug-likeness (QED) is 0.207. The van der Waals surface area contributed by atoms with E-state index >= 15 is 0 Å². The molecule has 0 bridgehead atoms. The van der Waals surface area contributed by atoms with Crippen molar-refractivity contribution in [3.8, 4) is 0 Å². The maximum Gasteiger partial charge on any atom is 0.156 e. The molecule has 0 heterocycles. The van der Waals surface area contributed by atoms with Crippen LogP contribution in [0.1, 0.15) is 20.8 Å². The first kappa shape index (κ1) is 12.2. The molecule has 5 N–H and O–H groups in total. The molecule has 0 radical (unpaired) electrons. The van der Waals surface area contributed by atoms with Crippen molar-refractivity contribution in [3.05, 3.63) is 0 Å². The average molecular weight is 189 g/mol. The van der Waals surface area contributed by atoms with Gasteiger partial charge in [0.1, 0.15) is 0 Å². The molecule has 0 saturated carbocycles. The van der Waals surface area contributed by atoms with Crippen LogP contribution in [0.4, 0.5) is 0 Å². The maximum atomic E-state index is 8.99. The summed E-state index contributed by atoms with van der Waals surface area (Å²) >= 11 is 0. The van der Waals surface area contributed by atoms with E-state index in [1.807, 2.05) is 13.8 Å². The van der Waals surface area contributed by atoms with Gasteiger partial charge in [-0.2, -0.15) is 0 Å². The SMILES string of the molecule is CC(NC(CO)C(C)C)C(N)=NO. The predicted molar refractivity (Wildman–Crippen MR) is 51.7 cm³/mol. The first-order valence-electron chi connectivity index (χ1n) is 4.37. The third-order valence-corrected chi connectivity index (χ3v) is 2.02. The summed E-state index contributed by atoms with van der Waals surface area (Å²) < 4.78 is 0. The molecule has 0 aromatic carbocycles. The number of hydrogen-bond acceptors (Lipinski definition) is 4. The molecule has 2 unspecified atom stereocenters. The second kappa shape index (κ2) is 5.77. The van der Waals surface area contributed by atoms with Crippen LogP contribution in [0.3, 0.4) is 0 Å². The molecule has 0 aromatic rings. The van der Waals surface area contributed by atoms with Crippen molar-refractivity contribution >= 4 is 5.84 Å². The number of hydrogen-bond donors (Lipinski definition) is 4. The van der Waals surface area contributed by atoms with Crippen LogP contribution in [-0.4, -0.2) is 34.8 Å². The number of aliphatic hydroxyl groups is 1. The third kappa shape index (κ3) is 4.10. The first-order valence-corrected chi connectivity index (χ1v) is 4.37. The molecule has 0 fully saturated rings. The van der Waals surface area contributed by atoms with Gasteiger partial charge < -0.3 is 21.4 Å². The van der Waals surface area contributed by atoms with Crippen LogP contribution < -0.4 is 11.1 Å². The van der Waals surface area contributed by atoms with Crippen LogP contribution in [-0.2, 0) is 0 Å². The second-order valence-electron chi connectivity index (χ2n) is 3.45. The molecule has 2 atom stereocenters. The van der Waals surface area contributed by atoms with Gasteiger partial charge >= 0.3 is 0 Å². The van der Waals surface area contributed by atoms with Gasteiger partial charge in [-0.3, -0.25) is 0 Å². The van der Waals surface area contributed by atoms with Crippen molar-refractivity contribution in [2.75, 3.05) is 6.61 Å². The molecule has 0 amide bonds. The lowest BCUT2D eigenvalue weighted by atomic mass is 10.0. The highest BCUT2D eigenvalue weighted by Gasteiger charge is 2.16. The Morgan fingerprint density at radius 3 is 2.31 bits per heavy atom. The number of oxime groups is 1. The molecular formula is C8H19N3O2. The van der Waals surface area contributed by atoms with Gasteiger partial charge in [0.2, 0.25) is 0 Å². The van der Waals surface area contributed by atoms with E-state index < -0.39 is 0 Å². The fourth-order valence-electron chi connectivity index (χ4n) is 0.949. The van der Waals surface area contributed by atoms with Gasteiger partial charge in [0.05, 0.1) is 12.6 Å². The Bertz CT molecular complexity index is 171. The summed E-state index contributed by atoms with van der Waals surface area (Å²) in [5.41, 5.74) is 5.38. The van der Waals surface area contributed by atoms with E-state index in [2.05, 4.69) is 10.5 Å². The number of nitrogens with zero attached hydrogens (tertiary/aromatic N) is 1. The van der Waals surface area contributed by atoms with Crippen LogP contribution >= 0.6 is 0 Å². The maximum absolute atomic E-state index is 8.99. The Kier molecular flexibility index (Phi) is 5.41. The number of nitrogens with one attached hydrogen (secondary N) is 1. The number of rotatable bonds is 5. The molecule has 0 spiro atoms. The second-order valence-corrected chi connectivity index (χ2v) is 3.45. The number of nitrogens with two attached hydrogens (primary N) is 1. The number of aliphatic hydroxyl groups excluding tert-OH is 1. The van der Waals surface area contributed by atoms with Crippen LogP contribution in [0.15, 0.2) is 5.16 Å². The predicted octanol–water partition coefficient (Wildman–Crippen LogP) is -0.272. The Balaban J connectivity index is 4.08. The Morgan fingerprint density at radius 1 is 1.46 bits per heavy atom. The standard InChI is InChI=1S/C8H19N3O2/c1-5(2)7(4-12)10-6(3)8(9)11-13/h5-7,10,12-13H,4H2,1-3H3,(H2,9,11). The molecule has 0 saturated heterocycles. The highest BCUT2D eigenvalue weighted by Crippen LogP contribution is 2.01. The van der Waals surface area contributed by atoms with Gasteiger partial charge in [-0.15, -0.1) is 0 Å². The first-order chi connectivity index (χ1) is 6.02. The lowest BCUT2D eigenvalue weighted by Gasteiger charge is -2.23. The topological polar surface area (TPSA) is 90.9 Å². The van der Waals surface area contributed by atoms with Crippen LogP contribution in [0, 0.1) is 5.92 Å². The molecule has 0 aliphatic heterocycles. The summed E-state index contributed by atoms with van der Waals surface area (Å²) in [7, 11) is 0. The summed E-state index contributed by atoms with van der Waals surface area (Å²) in [5, 5.41) is 23.3. The fraction of sp³-hybridized carbons (Fsp3) is 0.875. The molecular weight excluding hydrogens is 170 g/mol. The summed E-state index contributed by atoms with van der Waals surface area (Å²) in [6, 6.07) is -0.264. The summed E-state index contributed by atoms with van der Waals surface area (Å²) in [6.45, 7) is 5.81. The highest BCUT2D eigenvalue weighted by molar-refractivity contribution is 5.84. The highest BCUT2D eigenvalue weighted by atomic mass is 16.4. The molecule has 0 aromatic heterocycles. The van der Waals surface area contributed by atoms with Gasteiger partial charge in [-0.25, -0.2) is 0 Å². The zero-order valence-electron chi connectivity index (χ0n) is 8.36. The molecule has 78 valence electrons. The van der Waals surface area contributed by atoms with Crippen molar-refractivity contribution in [2.24, 2.45) is 16.8 Å². The van der Waals surface area contributed by atoms with Crippen molar-refractivity contribution in [1.82, 2.24) is 5.32 Å². The van der Waals surface area contributed by atoms with E-state index in [4.69, 9.17) is 16.0 Å². The molecule has 0 aliphatic rings. The number of amidine groups is 1. The van der Waals surface area contributed by atoms with Gasteiger partial charge in [0.15, 0.2) is 5.84 Å². The smallest absolute Gasteiger partial charge is 0.156 e. The molecule has 5 heteroatoms. The Labute approximate surface area is 78.6 Å². The zero-order valence-corrected chi connectivity index (χ0v) is 8.36. The lowest BCUT2D eigenvalue weighted by molar-refractivity contribution is 0.207. The normalized spacial score (nSPS) is 17.5. The minimum absolute atomic E-state index is 0.0321. The monoisotopic (exact) mass is 189 g/mol. The third-order valence-electron chi connectivity index (χ3n) is 2.02. The van der Waals surface area contributed by atoms with Crippen molar-refractivity contribution in [1.29, 1.82) is 0 Å². The van der Waals surface area contributed by atoms with Crippen molar-refractivity contribution < 1.29 is 10.3 Å². The van der Waals surface area contributed by atoms with Crippen molar-refractivity contribution in [3.63, 3.8) is 0 Å². The lowest BCUT2D eigenvalue weighted by Crippen LogP contribution is -2.48. The van der Waals surface area contributed by atoms with E-state index in [0.717, 1.165) is 0 Å². The Morgan fingerprint density at radius 2 is 2.00 bits per heavy atom. The van der Waals surface area contributed by atoms with Crippen molar-refractivity contribution in [2.45, 2.75) is 32.9 Å². The van der Waals surface area contributed by atoms with E-state index in [-0.39, 0.29) is 24.5 Å². The minimum atomic E-state index is -0.232.